The zero-order valence-corrected chi connectivity index (χ0v) is 11.8. The van der Waals surface area contributed by atoms with Crippen LogP contribution in [0, 0.1) is 13.8 Å². The van der Waals surface area contributed by atoms with E-state index in [1.165, 1.54) is 0 Å². The number of aryl methyl sites for hydroxylation is 1. The van der Waals surface area contributed by atoms with Gasteiger partial charge < -0.3 is 9.88 Å². The van der Waals surface area contributed by atoms with E-state index in [2.05, 4.69) is 15.2 Å². The first-order valence-electron chi connectivity index (χ1n) is 6.64. The number of rotatable bonds is 2. The normalized spacial score (nSPS) is 16.2. The number of urea groups is 1. The van der Waals surface area contributed by atoms with Crippen LogP contribution in [0.1, 0.15) is 17.0 Å². The van der Waals surface area contributed by atoms with Crippen LogP contribution < -0.4 is 10.6 Å². The molecule has 5 nitrogen and oxygen atoms in total. The second-order valence-corrected chi connectivity index (χ2v) is 4.96. The van der Waals surface area contributed by atoms with Gasteiger partial charge in [-0.15, -0.1) is 0 Å². The Morgan fingerprint density at radius 1 is 1.05 bits per heavy atom. The summed E-state index contributed by atoms with van der Waals surface area (Å²) in [5, 5.41) is 4.70. The fourth-order valence-corrected chi connectivity index (χ4v) is 2.55. The van der Waals surface area contributed by atoms with Crippen molar-refractivity contribution in [3.8, 4) is 5.69 Å². The van der Waals surface area contributed by atoms with Gasteiger partial charge in [0.2, 0.25) is 0 Å². The fraction of sp³-hybridized carbons (Fsp3) is 0.125. The van der Waals surface area contributed by atoms with Gasteiger partial charge in [-0.3, -0.25) is 10.1 Å². The van der Waals surface area contributed by atoms with Crippen LogP contribution in [-0.4, -0.2) is 16.5 Å². The maximum absolute atomic E-state index is 11.6. The van der Waals surface area contributed by atoms with E-state index >= 15 is 0 Å². The summed E-state index contributed by atoms with van der Waals surface area (Å²) in [6.45, 7) is 4.00. The number of nitrogens with one attached hydrogen (secondary N) is 2. The molecule has 0 spiro atoms. The van der Waals surface area contributed by atoms with Crippen molar-refractivity contribution in [3.63, 3.8) is 0 Å². The Morgan fingerprint density at radius 2 is 1.76 bits per heavy atom. The van der Waals surface area contributed by atoms with Crippen LogP contribution >= 0.6 is 0 Å². The number of para-hydroxylation sites is 1. The minimum absolute atomic E-state index is 0.272. The van der Waals surface area contributed by atoms with Crippen LogP contribution in [0.15, 0.2) is 42.1 Å². The summed E-state index contributed by atoms with van der Waals surface area (Å²) in [7, 11) is 0. The Hall–Kier alpha value is -2.82. The molecule has 106 valence electrons. The van der Waals surface area contributed by atoms with Gasteiger partial charge in [0.1, 0.15) is 5.70 Å². The maximum Gasteiger partial charge on any atom is 0.326 e. The quantitative estimate of drug-likeness (QED) is 0.655. The van der Waals surface area contributed by atoms with E-state index in [-0.39, 0.29) is 5.70 Å². The summed E-state index contributed by atoms with van der Waals surface area (Å²) in [5.41, 5.74) is 4.32. The van der Waals surface area contributed by atoms with Crippen molar-refractivity contribution in [1.82, 2.24) is 15.2 Å². The summed E-state index contributed by atoms with van der Waals surface area (Å²) in [6.07, 6.45) is 1.70. The Morgan fingerprint density at radius 3 is 2.38 bits per heavy atom. The fourth-order valence-electron chi connectivity index (χ4n) is 2.55. The molecule has 3 amide bonds. The molecule has 2 N–H and O–H groups in total. The molecule has 3 rings (SSSR count). The molecule has 2 aromatic rings. The molecule has 21 heavy (non-hydrogen) atoms. The van der Waals surface area contributed by atoms with Crippen molar-refractivity contribution >= 4 is 18.0 Å². The van der Waals surface area contributed by atoms with Gasteiger partial charge in [0.15, 0.2) is 0 Å². The highest BCUT2D eigenvalue weighted by Crippen LogP contribution is 2.22. The van der Waals surface area contributed by atoms with Gasteiger partial charge in [-0.05, 0) is 43.7 Å². The van der Waals surface area contributed by atoms with Gasteiger partial charge in [0.25, 0.3) is 5.91 Å². The first-order valence-corrected chi connectivity index (χ1v) is 6.64. The molecule has 0 saturated carbocycles. The highest BCUT2D eigenvalue weighted by molar-refractivity contribution is 6.14. The molecule has 2 heterocycles. The topological polar surface area (TPSA) is 63.1 Å². The highest BCUT2D eigenvalue weighted by atomic mass is 16.2. The second kappa shape index (κ2) is 4.94. The molecule has 5 heteroatoms. The monoisotopic (exact) mass is 281 g/mol. The van der Waals surface area contributed by atoms with E-state index in [1.54, 1.807) is 6.08 Å². The number of nitrogens with zero attached hydrogens (tertiary/aromatic N) is 1. The smallest absolute Gasteiger partial charge is 0.318 e. The van der Waals surface area contributed by atoms with Gasteiger partial charge in [-0.1, -0.05) is 18.2 Å². The van der Waals surface area contributed by atoms with Crippen molar-refractivity contribution < 1.29 is 9.59 Å². The molecule has 0 aliphatic carbocycles. The molecule has 1 aliphatic rings. The summed E-state index contributed by atoms with van der Waals surface area (Å²) < 4.78 is 2.11. The molecule has 1 saturated heterocycles. The van der Waals surface area contributed by atoms with Crippen LogP contribution in [0.25, 0.3) is 11.8 Å². The lowest BCUT2D eigenvalue weighted by molar-refractivity contribution is -0.115. The first kappa shape index (κ1) is 13.2. The standard InChI is InChI=1S/C16H15N3O2/c1-10-8-12(9-14-15(20)18-16(21)17-14)11(2)19(10)13-6-4-3-5-7-13/h3-9H,1-2H3,(H2,17,18,20,21)/b14-9+. The van der Waals surface area contributed by atoms with E-state index in [1.807, 2.05) is 50.2 Å². The molecule has 0 bridgehead atoms. The number of benzene rings is 1. The van der Waals surface area contributed by atoms with Crippen LogP contribution in [0.3, 0.4) is 0 Å². The highest BCUT2D eigenvalue weighted by Gasteiger charge is 2.23. The number of hydrogen-bond donors (Lipinski definition) is 2. The lowest BCUT2D eigenvalue weighted by atomic mass is 10.2. The summed E-state index contributed by atoms with van der Waals surface area (Å²) in [4.78, 5) is 22.7. The van der Waals surface area contributed by atoms with Gasteiger partial charge in [0, 0.05) is 17.1 Å². The van der Waals surface area contributed by atoms with Crippen LogP contribution in [0.4, 0.5) is 4.79 Å². The summed E-state index contributed by atoms with van der Waals surface area (Å²) in [5.74, 6) is -0.399. The van der Waals surface area contributed by atoms with E-state index in [0.717, 1.165) is 22.6 Å². The van der Waals surface area contributed by atoms with Crippen molar-refractivity contribution in [2.75, 3.05) is 0 Å². The molecule has 1 fully saturated rings. The number of aromatic nitrogens is 1. The van der Waals surface area contributed by atoms with E-state index < -0.39 is 11.9 Å². The van der Waals surface area contributed by atoms with Crippen LogP contribution in [-0.2, 0) is 4.79 Å². The summed E-state index contributed by atoms with van der Waals surface area (Å²) in [6, 6.07) is 11.5. The molecular formula is C16H15N3O2. The molecular weight excluding hydrogens is 266 g/mol. The molecule has 1 aromatic carbocycles. The average molecular weight is 281 g/mol. The Labute approximate surface area is 122 Å². The van der Waals surface area contributed by atoms with Crippen molar-refractivity contribution in [2.24, 2.45) is 0 Å². The minimum atomic E-state index is -0.483. The van der Waals surface area contributed by atoms with Gasteiger partial charge in [-0.2, -0.15) is 0 Å². The number of imide groups is 1. The van der Waals surface area contributed by atoms with E-state index in [0.29, 0.717) is 0 Å². The summed E-state index contributed by atoms with van der Waals surface area (Å²) >= 11 is 0. The number of carbonyl (C=O) groups excluding carboxylic acids is 2. The Kier molecular flexibility index (Phi) is 3.10. The molecule has 0 atom stereocenters. The van der Waals surface area contributed by atoms with E-state index in [4.69, 9.17) is 0 Å². The van der Waals surface area contributed by atoms with Crippen LogP contribution in [0.2, 0.25) is 0 Å². The van der Waals surface area contributed by atoms with Crippen molar-refractivity contribution in [1.29, 1.82) is 0 Å². The zero-order valence-electron chi connectivity index (χ0n) is 11.8. The van der Waals surface area contributed by atoms with E-state index in [9.17, 15) is 9.59 Å². The molecule has 1 aliphatic heterocycles. The lowest BCUT2D eigenvalue weighted by Gasteiger charge is -2.09. The SMILES string of the molecule is Cc1cc(/C=C2/NC(=O)NC2=O)c(C)n1-c1ccccc1. The van der Waals surface area contributed by atoms with Crippen LogP contribution in [0.5, 0.6) is 0 Å². The third kappa shape index (κ3) is 2.33. The van der Waals surface area contributed by atoms with Gasteiger partial charge in [-0.25, -0.2) is 4.79 Å². The molecule has 0 unspecified atom stereocenters. The van der Waals surface area contributed by atoms with Gasteiger partial charge in [0.05, 0.1) is 0 Å². The lowest BCUT2D eigenvalue weighted by Crippen LogP contribution is -2.22. The predicted octanol–water partition coefficient (Wildman–Crippen LogP) is 2.27. The first-order chi connectivity index (χ1) is 10.1. The molecule has 1 aromatic heterocycles. The third-order valence-electron chi connectivity index (χ3n) is 3.50. The van der Waals surface area contributed by atoms with Crippen molar-refractivity contribution in [2.45, 2.75) is 13.8 Å². The molecule has 0 radical (unpaired) electrons. The minimum Gasteiger partial charge on any atom is -0.318 e. The average Bonchev–Trinajstić information content (AvgIpc) is 2.91. The second-order valence-electron chi connectivity index (χ2n) is 4.96. The Bertz CT molecular complexity index is 757. The van der Waals surface area contributed by atoms with Crippen molar-refractivity contribution in [3.05, 3.63) is 59.0 Å². The Balaban J connectivity index is 2.05. The number of hydrogen-bond acceptors (Lipinski definition) is 2. The maximum atomic E-state index is 11.6. The number of amides is 3. The predicted molar refractivity (Wildman–Crippen MR) is 79.9 cm³/mol. The largest absolute Gasteiger partial charge is 0.326 e. The van der Waals surface area contributed by atoms with Gasteiger partial charge >= 0.3 is 6.03 Å². The third-order valence-corrected chi connectivity index (χ3v) is 3.50. The number of carbonyl (C=O) groups is 2. The zero-order chi connectivity index (χ0) is 15.0.